The van der Waals surface area contributed by atoms with Gasteiger partial charge in [-0.3, -0.25) is 9.78 Å². The van der Waals surface area contributed by atoms with Crippen molar-refractivity contribution >= 4 is 5.91 Å². The van der Waals surface area contributed by atoms with Crippen LogP contribution in [0, 0.1) is 6.92 Å². The van der Waals surface area contributed by atoms with Gasteiger partial charge in [-0.15, -0.1) is 0 Å². The van der Waals surface area contributed by atoms with Crippen LogP contribution in [0.4, 0.5) is 0 Å². The van der Waals surface area contributed by atoms with Gasteiger partial charge in [0.1, 0.15) is 6.10 Å². The molecule has 1 amide bonds. The molecule has 0 spiro atoms. The fourth-order valence-electron chi connectivity index (χ4n) is 3.10. The Hall–Kier alpha value is -2.24. The van der Waals surface area contributed by atoms with Gasteiger partial charge in [-0.2, -0.15) is 0 Å². The average molecular weight is 312 g/mol. The van der Waals surface area contributed by atoms with Crippen LogP contribution in [0.1, 0.15) is 33.8 Å². The fourth-order valence-corrected chi connectivity index (χ4v) is 3.10. The van der Waals surface area contributed by atoms with E-state index in [9.17, 15) is 15.0 Å². The Kier molecular flexibility index (Phi) is 4.41. The lowest BCUT2D eigenvalue weighted by Gasteiger charge is -2.24. The number of hydrogen-bond donors (Lipinski definition) is 3. The molecule has 1 aliphatic carbocycles. The highest BCUT2D eigenvalue weighted by Gasteiger charge is 2.43. The molecule has 3 rings (SSSR count). The summed E-state index contributed by atoms with van der Waals surface area (Å²) < 4.78 is 0. The summed E-state index contributed by atoms with van der Waals surface area (Å²) in [5.74, 6) is -0.394. The largest absolute Gasteiger partial charge is 0.390 e. The van der Waals surface area contributed by atoms with Crippen LogP contribution in [0.2, 0.25) is 0 Å². The number of benzene rings is 1. The number of rotatable bonds is 3. The van der Waals surface area contributed by atoms with Crippen LogP contribution in [-0.4, -0.2) is 39.4 Å². The minimum atomic E-state index is -0.980. The van der Waals surface area contributed by atoms with Crippen molar-refractivity contribution in [3.05, 3.63) is 65.5 Å². The number of aryl methyl sites for hydroxylation is 1. The Labute approximate surface area is 135 Å². The predicted octanol–water partition coefficient (Wildman–Crippen LogP) is 1.40. The van der Waals surface area contributed by atoms with E-state index < -0.39 is 18.2 Å². The maximum Gasteiger partial charge on any atom is 0.251 e. The van der Waals surface area contributed by atoms with Crippen LogP contribution in [0.5, 0.6) is 0 Å². The van der Waals surface area contributed by atoms with E-state index >= 15 is 0 Å². The highest BCUT2D eigenvalue weighted by atomic mass is 16.3. The summed E-state index contributed by atoms with van der Waals surface area (Å²) >= 11 is 0. The molecule has 0 saturated heterocycles. The number of aliphatic hydroxyl groups is 2. The van der Waals surface area contributed by atoms with Gasteiger partial charge in [-0.25, -0.2) is 0 Å². The molecule has 1 fully saturated rings. The van der Waals surface area contributed by atoms with E-state index in [0.717, 1.165) is 11.1 Å². The number of carbonyl (C=O) groups excluding carboxylic acids is 1. The van der Waals surface area contributed by atoms with Crippen molar-refractivity contribution in [2.45, 2.75) is 37.5 Å². The van der Waals surface area contributed by atoms with Crippen LogP contribution >= 0.6 is 0 Å². The van der Waals surface area contributed by atoms with E-state index in [1.54, 1.807) is 24.5 Å². The Balaban J connectivity index is 1.82. The molecule has 1 aromatic heterocycles. The first-order valence-corrected chi connectivity index (χ1v) is 7.70. The number of aromatic nitrogens is 1. The molecule has 5 nitrogen and oxygen atoms in total. The number of carbonyl (C=O) groups is 1. The molecular formula is C18H20N2O3. The quantitative estimate of drug-likeness (QED) is 0.800. The molecule has 3 N–H and O–H groups in total. The Morgan fingerprint density at radius 3 is 2.43 bits per heavy atom. The van der Waals surface area contributed by atoms with Gasteiger partial charge in [0, 0.05) is 23.9 Å². The van der Waals surface area contributed by atoms with E-state index in [0.29, 0.717) is 12.0 Å². The van der Waals surface area contributed by atoms with Crippen molar-refractivity contribution in [3.63, 3.8) is 0 Å². The average Bonchev–Trinajstić information content (AvgIpc) is 2.85. The molecule has 4 unspecified atom stereocenters. The summed E-state index contributed by atoms with van der Waals surface area (Å²) in [6, 6.07) is 10.7. The molecule has 5 heteroatoms. The third-order valence-electron chi connectivity index (χ3n) is 4.44. The second-order valence-corrected chi connectivity index (χ2v) is 6.05. The lowest BCUT2D eigenvalue weighted by molar-refractivity contribution is 0.0294. The van der Waals surface area contributed by atoms with E-state index in [1.807, 2.05) is 31.2 Å². The number of amides is 1. The first kappa shape index (κ1) is 15.6. The lowest BCUT2D eigenvalue weighted by atomic mass is 9.92. The summed E-state index contributed by atoms with van der Waals surface area (Å²) in [6.45, 7) is 2.00. The lowest BCUT2D eigenvalue weighted by Crippen LogP contribution is -2.45. The molecule has 0 bridgehead atoms. The number of nitrogens with zero attached hydrogens (tertiary/aromatic N) is 1. The molecule has 0 aliphatic heterocycles. The van der Waals surface area contributed by atoms with Crippen LogP contribution < -0.4 is 5.32 Å². The molecule has 2 aromatic rings. The Morgan fingerprint density at radius 2 is 1.78 bits per heavy atom. The molecule has 120 valence electrons. The van der Waals surface area contributed by atoms with Gasteiger partial charge in [0.25, 0.3) is 5.91 Å². The maximum atomic E-state index is 12.4. The van der Waals surface area contributed by atoms with Gasteiger partial charge in [0.15, 0.2) is 0 Å². The monoisotopic (exact) mass is 312 g/mol. The second kappa shape index (κ2) is 6.48. The molecule has 23 heavy (non-hydrogen) atoms. The van der Waals surface area contributed by atoms with Crippen molar-refractivity contribution < 1.29 is 15.0 Å². The van der Waals surface area contributed by atoms with Gasteiger partial charge >= 0.3 is 0 Å². The number of pyridine rings is 1. The zero-order valence-corrected chi connectivity index (χ0v) is 12.9. The van der Waals surface area contributed by atoms with Gasteiger partial charge in [-0.05, 0) is 31.0 Å². The molecule has 1 aliphatic rings. The maximum absolute atomic E-state index is 12.4. The van der Waals surface area contributed by atoms with E-state index in [4.69, 9.17) is 0 Å². The van der Waals surface area contributed by atoms with Crippen molar-refractivity contribution in [3.8, 4) is 0 Å². The van der Waals surface area contributed by atoms with E-state index in [-0.39, 0.29) is 11.8 Å². The highest BCUT2D eigenvalue weighted by molar-refractivity contribution is 5.94. The standard InChI is InChI=1S/C18H20N2O3/c1-11-2-4-12(5-3-11)14-10-15(21)17(22)16(14)20-18(23)13-6-8-19-9-7-13/h2-9,14-17,21-22H,10H2,1H3,(H,20,23). The summed E-state index contributed by atoms with van der Waals surface area (Å²) in [6.07, 6.45) is 1.69. The van der Waals surface area contributed by atoms with Crippen LogP contribution in [0.15, 0.2) is 48.8 Å². The molecule has 0 radical (unpaired) electrons. The minimum Gasteiger partial charge on any atom is -0.390 e. The van der Waals surface area contributed by atoms with E-state index in [2.05, 4.69) is 10.3 Å². The highest BCUT2D eigenvalue weighted by Crippen LogP contribution is 2.35. The topological polar surface area (TPSA) is 82.5 Å². The van der Waals surface area contributed by atoms with Gasteiger partial charge in [0.05, 0.1) is 12.1 Å². The smallest absolute Gasteiger partial charge is 0.251 e. The zero-order valence-electron chi connectivity index (χ0n) is 12.9. The van der Waals surface area contributed by atoms with Gasteiger partial charge < -0.3 is 15.5 Å². The first-order chi connectivity index (χ1) is 11.1. The van der Waals surface area contributed by atoms with E-state index in [1.165, 1.54) is 0 Å². The summed E-state index contributed by atoms with van der Waals surface area (Å²) in [5, 5.41) is 23.2. The summed E-state index contributed by atoms with van der Waals surface area (Å²) in [5.41, 5.74) is 2.63. The number of hydrogen-bond acceptors (Lipinski definition) is 4. The SMILES string of the molecule is Cc1ccc(C2CC(O)C(O)C2NC(=O)c2ccncc2)cc1. The van der Waals surface area contributed by atoms with Gasteiger partial charge in [-0.1, -0.05) is 29.8 Å². The van der Waals surface area contributed by atoms with Crippen molar-refractivity contribution in [1.82, 2.24) is 10.3 Å². The fraction of sp³-hybridized carbons (Fsp3) is 0.333. The number of aliphatic hydroxyl groups excluding tert-OH is 2. The van der Waals surface area contributed by atoms with Crippen LogP contribution in [0.3, 0.4) is 0 Å². The first-order valence-electron chi connectivity index (χ1n) is 7.70. The third kappa shape index (κ3) is 3.25. The summed E-state index contributed by atoms with van der Waals surface area (Å²) in [7, 11) is 0. The molecule has 1 aromatic carbocycles. The Morgan fingerprint density at radius 1 is 1.13 bits per heavy atom. The molecule has 4 atom stereocenters. The van der Waals surface area contributed by atoms with Crippen LogP contribution in [0.25, 0.3) is 0 Å². The molecule has 1 heterocycles. The minimum absolute atomic E-state index is 0.119. The molecular weight excluding hydrogens is 292 g/mol. The van der Waals surface area contributed by atoms with Gasteiger partial charge in [0.2, 0.25) is 0 Å². The predicted molar refractivity (Wildman–Crippen MR) is 86.0 cm³/mol. The zero-order chi connectivity index (χ0) is 16.4. The third-order valence-corrected chi connectivity index (χ3v) is 4.44. The summed E-state index contributed by atoms with van der Waals surface area (Å²) in [4.78, 5) is 16.2. The van der Waals surface area contributed by atoms with Crippen molar-refractivity contribution in [1.29, 1.82) is 0 Å². The Bertz CT molecular complexity index is 672. The molecule has 1 saturated carbocycles. The van der Waals surface area contributed by atoms with Crippen molar-refractivity contribution in [2.75, 3.05) is 0 Å². The normalized spacial score (nSPS) is 26.9. The van der Waals surface area contributed by atoms with Crippen molar-refractivity contribution in [2.24, 2.45) is 0 Å². The number of nitrogens with one attached hydrogen (secondary N) is 1. The second-order valence-electron chi connectivity index (χ2n) is 6.05. The van der Waals surface area contributed by atoms with Crippen LogP contribution in [-0.2, 0) is 0 Å².